The Morgan fingerprint density at radius 3 is 2.16 bits per heavy atom. The van der Waals surface area contributed by atoms with Crippen LogP contribution in [0.2, 0.25) is 0 Å². The van der Waals surface area contributed by atoms with E-state index in [2.05, 4.69) is 16.0 Å². The second-order valence-corrected chi connectivity index (χ2v) is 7.05. The van der Waals surface area contributed by atoms with Gasteiger partial charge in [-0.15, -0.1) is 0 Å². The molecule has 0 saturated heterocycles. The molecule has 7 heteroatoms. The summed E-state index contributed by atoms with van der Waals surface area (Å²) in [5.41, 5.74) is 2.27. The fraction of sp³-hybridized carbons (Fsp3) is 0.125. The van der Waals surface area contributed by atoms with Gasteiger partial charge in [0, 0.05) is 18.2 Å². The first kappa shape index (κ1) is 21.6. The molecule has 3 aromatic rings. The predicted octanol–water partition coefficient (Wildman–Crippen LogP) is 4.09. The van der Waals surface area contributed by atoms with Crippen LogP contribution in [0.5, 0.6) is 5.75 Å². The van der Waals surface area contributed by atoms with Crippen LogP contribution in [0.3, 0.4) is 0 Å². The molecular weight excluding hydrogens is 394 g/mol. The zero-order valence-corrected chi connectivity index (χ0v) is 17.2. The predicted molar refractivity (Wildman–Crippen MR) is 119 cm³/mol. The molecule has 1 atom stereocenters. The van der Waals surface area contributed by atoms with Gasteiger partial charge >= 0.3 is 0 Å². The zero-order valence-electron chi connectivity index (χ0n) is 17.2. The van der Waals surface area contributed by atoms with Gasteiger partial charge in [-0.05, 0) is 55.0 Å². The number of carbonyl (C=O) groups excluding carboxylic acids is 3. The molecule has 3 rings (SSSR count). The Morgan fingerprint density at radius 2 is 1.52 bits per heavy atom. The average Bonchev–Trinajstić information content (AvgIpc) is 2.75. The van der Waals surface area contributed by atoms with E-state index in [-0.39, 0.29) is 28.9 Å². The molecule has 0 aliphatic rings. The van der Waals surface area contributed by atoms with E-state index >= 15 is 0 Å². The number of carbonyl (C=O) groups is 3. The minimum absolute atomic E-state index is 0.0878. The molecule has 3 amide bonds. The fourth-order valence-corrected chi connectivity index (χ4v) is 3.03. The summed E-state index contributed by atoms with van der Waals surface area (Å²) < 4.78 is 0. The largest absolute Gasteiger partial charge is 0.508 e. The summed E-state index contributed by atoms with van der Waals surface area (Å²) in [6.07, 6.45) is 0. The summed E-state index contributed by atoms with van der Waals surface area (Å²) in [6, 6.07) is 19.7. The number of phenols is 1. The van der Waals surface area contributed by atoms with E-state index in [0.29, 0.717) is 11.3 Å². The molecule has 3 aromatic carbocycles. The van der Waals surface area contributed by atoms with Crippen molar-refractivity contribution >= 4 is 29.1 Å². The third kappa shape index (κ3) is 5.70. The lowest BCUT2D eigenvalue weighted by molar-refractivity contribution is -0.114. The molecule has 4 N–H and O–H groups in total. The van der Waals surface area contributed by atoms with Gasteiger partial charge < -0.3 is 21.1 Å². The van der Waals surface area contributed by atoms with Crippen LogP contribution in [-0.2, 0) is 4.79 Å². The van der Waals surface area contributed by atoms with Crippen LogP contribution in [0.4, 0.5) is 11.4 Å². The highest BCUT2D eigenvalue weighted by Crippen LogP contribution is 2.23. The third-order valence-corrected chi connectivity index (χ3v) is 4.61. The van der Waals surface area contributed by atoms with E-state index in [9.17, 15) is 19.5 Å². The average molecular weight is 417 g/mol. The lowest BCUT2D eigenvalue weighted by Crippen LogP contribution is -2.28. The third-order valence-electron chi connectivity index (χ3n) is 4.61. The molecule has 0 aliphatic heterocycles. The second kappa shape index (κ2) is 9.58. The van der Waals surface area contributed by atoms with Crippen molar-refractivity contribution in [3.05, 3.63) is 89.5 Å². The minimum Gasteiger partial charge on any atom is -0.508 e. The topological polar surface area (TPSA) is 108 Å². The number of benzene rings is 3. The molecule has 0 spiro atoms. The van der Waals surface area contributed by atoms with Crippen LogP contribution in [0.1, 0.15) is 46.2 Å². The molecule has 7 nitrogen and oxygen atoms in total. The summed E-state index contributed by atoms with van der Waals surface area (Å²) in [5.74, 6) is -1.15. The van der Waals surface area contributed by atoms with Gasteiger partial charge in [0.15, 0.2) is 0 Å². The molecular formula is C24H23N3O4. The van der Waals surface area contributed by atoms with Crippen molar-refractivity contribution in [3.63, 3.8) is 0 Å². The highest BCUT2D eigenvalue weighted by atomic mass is 16.3. The number of nitrogens with one attached hydrogen (secondary N) is 3. The maximum absolute atomic E-state index is 12.9. The van der Waals surface area contributed by atoms with Crippen molar-refractivity contribution in [3.8, 4) is 5.75 Å². The van der Waals surface area contributed by atoms with Crippen molar-refractivity contribution in [2.45, 2.75) is 19.9 Å². The summed E-state index contributed by atoms with van der Waals surface area (Å²) in [7, 11) is 0. The first-order chi connectivity index (χ1) is 14.8. The number of phenolic OH excluding ortho intramolecular Hbond substituents is 1. The highest BCUT2D eigenvalue weighted by Gasteiger charge is 2.18. The van der Waals surface area contributed by atoms with Crippen molar-refractivity contribution in [2.75, 3.05) is 10.6 Å². The Hall–Kier alpha value is -4.13. The van der Waals surface area contributed by atoms with E-state index in [1.165, 1.54) is 25.1 Å². The van der Waals surface area contributed by atoms with Crippen molar-refractivity contribution < 1.29 is 19.5 Å². The number of anilines is 2. The lowest BCUT2D eigenvalue weighted by atomic mass is 10.1. The molecule has 0 aliphatic carbocycles. The highest BCUT2D eigenvalue weighted by molar-refractivity contribution is 6.09. The maximum atomic E-state index is 12.9. The Bertz CT molecular complexity index is 1100. The van der Waals surface area contributed by atoms with Crippen LogP contribution in [0.15, 0.2) is 72.8 Å². The molecule has 158 valence electrons. The summed E-state index contributed by atoms with van der Waals surface area (Å²) >= 11 is 0. The van der Waals surface area contributed by atoms with Crippen LogP contribution in [0.25, 0.3) is 0 Å². The van der Waals surface area contributed by atoms with Gasteiger partial charge in [0.1, 0.15) is 5.75 Å². The van der Waals surface area contributed by atoms with E-state index in [1.807, 2.05) is 37.3 Å². The molecule has 31 heavy (non-hydrogen) atoms. The van der Waals surface area contributed by atoms with E-state index in [0.717, 1.165) is 5.56 Å². The van der Waals surface area contributed by atoms with Gasteiger partial charge in [-0.3, -0.25) is 14.4 Å². The Labute approximate surface area is 180 Å². The molecule has 0 aromatic heterocycles. The number of hydrogen-bond acceptors (Lipinski definition) is 4. The Balaban J connectivity index is 1.77. The normalized spacial score (nSPS) is 11.3. The summed E-state index contributed by atoms with van der Waals surface area (Å²) in [5, 5.41) is 18.1. The summed E-state index contributed by atoms with van der Waals surface area (Å²) in [4.78, 5) is 36.6. The van der Waals surface area contributed by atoms with Crippen molar-refractivity contribution in [1.29, 1.82) is 0 Å². The van der Waals surface area contributed by atoms with Crippen LogP contribution in [-0.4, -0.2) is 22.8 Å². The number of aromatic hydroxyl groups is 1. The molecule has 0 saturated carbocycles. The molecule has 0 bridgehead atoms. The molecule has 0 unspecified atom stereocenters. The second-order valence-electron chi connectivity index (χ2n) is 7.05. The molecule has 0 radical (unpaired) electrons. The Morgan fingerprint density at radius 1 is 0.839 bits per heavy atom. The van der Waals surface area contributed by atoms with E-state index in [1.54, 1.807) is 24.3 Å². The smallest absolute Gasteiger partial charge is 0.255 e. The summed E-state index contributed by atoms with van der Waals surface area (Å²) in [6.45, 7) is 3.25. The van der Waals surface area contributed by atoms with Crippen molar-refractivity contribution in [2.24, 2.45) is 0 Å². The van der Waals surface area contributed by atoms with Gasteiger partial charge in [-0.2, -0.15) is 0 Å². The van der Waals surface area contributed by atoms with E-state index < -0.39 is 11.8 Å². The first-order valence-electron chi connectivity index (χ1n) is 9.71. The van der Waals surface area contributed by atoms with Gasteiger partial charge in [0.2, 0.25) is 5.91 Å². The standard InChI is InChI=1S/C24H23N3O4/c1-15(17-6-4-3-5-7-17)25-24(31)21-14-20(29)12-13-22(21)27-23(30)18-8-10-19(11-9-18)26-16(2)28/h3-15,29H,1-2H3,(H,25,31)(H,26,28)(H,27,30)/t15-/m1/s1. The Kier molecular flexibility index (Phi) is 6.67. The number of amides is 3. The maximum Gasteiger partial charge on any atom is 0.255 e. The number of hydrogen-bond donors (Lipinski definition) is 4. The monoisotopic (exact) mass is 417 g/mol. The fourth-order valence-electron chi connectivity index (χ4n) is 3.03. The molecule has 0 heterocycles. The first-order valence-corrected chi connectivity index (χ1v) is 9.71. The van der Waals surface area contributed by atoms with Gasteiger partial charge in [-0.25, -0.2) is 0 Å². The lowest BCUT2D eigenvalue weighted by Gasteiger charge is -2.17. The quantitative estimate of drug-likeness (QED) is 0.453. The van der Waals surface area contributed by atoms with Gasteiger partial charge in [0.05, 0.1) is 17.3 Å². The number of rotatable bonds is 6. The molecule has 0 fully saturated rings. The van der Waals surface area contributed by atoms with Crippen molar-refractivity contribution in [1.82, 2.24) is 5.32 Å². The SMILES string of the molecule is CC(=O)Nc1ccc(C(=O)Nc2ccc(O)cc2C(=O)N[C@H](C)c2ccccc2)cc1. The van der Waals surface area contributed by atoms with Crippen LogP contribution >= 0.6 is 0 Å². The van der Waals surface area contributed by atoms with E-state index in [4.69, 9.17) is 0 Å². The minimum atomic E-state index is -0.427. The van der Waals surface area contributed by atoms with Gasteiger partial charge in [-0.1, -0.05) is 30.3 Å². The zero-order chi connectivity index (χ0) is 22.4. The van der Waals surface area contributed by atoms with Gasteiger partial charge in [0.25, 0.3) is 11.8 Å². The van der Waals surface area contributed by atoms with Crippen LogP contribution in [0, 0.1) is 0 Å². The van der Waals surface area contributed by atoms with Crippen LogP contribution < -0.4 is 16.0 Å².